The molecule has 0 spiro atoms. The number of hydrogen-bond acceptors (Lipinski definition) is 6. The summed E-state index contributed by atoms with van der Waals surface area (Å²) >= 11 is 1.65. The first-order valence-electron chi connectivity index (χ1n) is 11.1. The van der Waals surface area contributed by atoms with Crippen molar-refractivity contribution in [1.82, 2.24) is 14.9 Å². The Morgan fingerprint density at radius 1 is 1.27 bits per heavy atom. The van der Waals surface area contributed by atoms with Gasteiger partial charge in [-0.3, -0.25) is 4.79 Å². The van der Waals surface area contributed by atoms with Crippen LogP contribution in [0.25, 0.3) is 10.9 Å². The number of carboxylic acid groups (broad SMARTS) is 1. The molecule has 2 aromatic rings. The summed E-state index contributed by atoms with van der Waals surface area (Å²) in [5, 5.41) is 18.8. The van der Waals surface area contributed by atoms with E-state index in [9.17, 15) is 23.5 Å². The zero-order valence-corrected chi connectivity index (χ0v) is 18.8. The first-order valence-corrected chi connectivity index (χ1v) is 12.1. The van der Waals surface area contributed by atoms with E-state index in [1.165, 1.54) is 6.07 Å². The lowest BCUT2D eigenvalue weighted by Gasteiger charge is -2.32. The van der Waals surface area contributed by atoms with Gasteiger partial charge >= 0.3 is 6.09 Å². The van der Waals surface area contributed by atoms with E-state index < -0.39 is 29.6 Å². The fourth-order valence-corrected chi connectivity index (χ4v) is 5.46. The topological polar surface area (TPSA) is 116 Å². The highest BCUT2D eigenvalue weighted by Gasteiger charge is 2.32. The molecule has 11 heteroatoms. The molecule has 33 heavy (non-hydrogen) atoms. The molecule has 3 N–H and O–H groups in total. The number of hydrogen-bond donors (Lipinski definition) is 3. The van der Waals surface area contributed by atoms with Gasteiger partial charge in [-0.1, -0.05) is 0 Å². The zero-order chi connectivity index (χ0) is 23.5. The first-order chi connectivity index (χ1) is 15.8. The number of aliphatic hydroxyl groups excluding tert-OH is 1. The number of nitrogens with zero attached hydrogens (tertiary/aromatic N) is 2. The van der Waals surface area contributed by atoms with Crippen molar-refractivity contribution in [1.29, 1.82) is 0 Å². The summed E-state index contributed by atoms with van der Waals surface area (Å²) in [5.41, 5.74) is -0.399. The van der Waals surface area contributed by atoms with Crippen molar-refractivity contribution in [3.8, 4) is 5.75 Å². The van der Waals surface area contributed by atoms with E-state index in [0.717, 1.165) is 36.6 Å². The number of aromatic nitrogens is 2. The molecule has 1 aliphatic carbocycles. The van der Waals surface area contributed by atoms with Crippen molar-refractivity contribution in [2.75, 3.05) is 19.7 Å². The van der Waals surface area contributed by atoms with Crippen molar-refractivity contribution >= 4 is 28.8 Å². The minimum Gasteiger partial charge on any atom is -0.493 e. The van der Waals surface area contributed by atoms with Crippen molar-refractivity contribution < 1.29 is 28.5 Å². The summed E-state index contributed by atoms with van der Waals surface area (Å²) in [4.78, 5) is 31.5. The summed E-state index contributed by atoms with van der Waals surface area (Å²) in [6, 6.07) is 2.55. The van der Waals surface area contributed by atoms with Crippen LogP contribution in [0.1, 0.15) is 37.9 Å². The summed E-state index contributed by atoms with van der Waals surface area (Å²) in [5.74, 6) is -0.234. The number of alkyl halides is 1. The lowest BCUT2D eigenvalue weighted by Crippen LogP contribution is -2.45. The number of thioether (sulfide) groups is 1. The third kappa shape index (κ3) is 5.75. The number of piperidine rings is 1. The number of fused-ring (bicyclic) bond motifs is 1. The highest BCUT2D eigenvalue weighted by atomic mass is 32.2. The molecule has 2 fully saturated rings. The average Bonchev–Trinajstić information content (AvgIpc) is 2.77. The van der Waals surface area contributed by atoms with Crippen LogP contribution in [-0.2, 0) is 5.75 Å². The van der Waals surface area contributed by atoms with Gasteiger partial charge in [0.1, 0.15) is 28.9 Å². The average molecular weight is 484 g/mol. The molecule has 1 saturated heterocycles. The third-order valence-corrected chi connectivity index (χ3v) is 7.68. The van der Waals surface area contributed by atoms with E-state index >= 15 is 0 Å². The monoisotopic (exact) mass is 483 g/mol. The number of halogens is 2. The van der Waals surface area contributed by atoms with Gasteiger partial charge in [-0.15, -0.1) is 0 Å². The van der Waals surface area contributed by atoms with Gasteiger partial charge in [0, 0.05) is 29.8 Å². The maximum Gasteiger partial charge on any atom is 0.407 e. The second-order valence-electron chi connectivity index (χ2n) is 8.66. The van der Waals surface area contributed by atoms with Gasteiger partial charge in [-0.25, -0.2) is 18.6 Å². The predicted octanol–water partition coefficient (Wildman–Crippen LogP) is 3.32. The van der Waals surface area contributed by atoms with Crippen LogP contribution in [-0.4, -0.2) is 68.4 Å². The third-order valence-electron chi connectivity index (χ3n) is 6.29. The number of H-pyrrole nitrogens is 1. The maximum atomic E-state index is 14.6. The Labute approximate surface area is 193 Å². The van der Waals surface area contributed by atoms with Crippen LogP contribution in [0.2, 0.25) is 0 Å². The van der Waals surface area contributed by atoms with E-state index in [2.05, 4.69) is 9.97 Å². The maximum absolute atomic E-state index is 14.6. The van der Waals surface area contributed by atoms with E-state index in [1.54, 1.807) is 11.8 Å². The van der Waals surface area contributed by atoms with E-state index in [0.29, 0.717) is 23.2 Å². The van der Waals surface area contributed by atoms with Gasteiger partial charge in [0.05, 0.1) is 30.5 Å². The number of aromatic amines is 1. The fourth-order valence-electron chi connectivity index (χ4n) is 4.33. The van der Waals surface area contributed by atoms with Crippen molar-refractivity contribution in [3.05, 3.63) is 34.1 Å². The highest BCUT2D eigenvalue weighted by Crippen LogP contribution is 2.30. The number of rotatable bonds is 6. The molecule has 4 rings (SSSR count). The van der Waals surface area contributed by atoms with Crippen LogP contribution in [0.5, 0.6) is 5.75 Å². The largest absolute Gasteiger partial charge is 0.493 e. The van der Waals surface area contributed by atoms with Gasteiger partial charge in [0.2, 0.25) is 0 Å². The number of amides is 1. The number of ether oxygens (including phenoxy) is 1. The molecule has 2 aliphatic rings. The molecule has 8 nitrogen and oxygen atoms in total. The number of aliphatic hydroxyl groups is 1. The van der Waals surface area contributed by atoms with Gasteiger partial charge in [-0.2, -0.15) is 11.8 Å². The summed E-state index contributed by atoms with van der Waals surface area (Å²) in [6.45, 7) is -0.0276. The van der Waals surface area contributed by atoms with Crippen LogP contribution >= 0.6 is 11.8 Å². The van der Waals surface area contributed by atoms with Crippen LogP contribution in [0.3, 0.4) is 0 Å². The van der Waals surface area contributed by atoms with Gasteiger partial charge in [-0.05, 0) is 32.1 Å². The normalized spacial score (nSPS) is 25.8. The molecule has 2 heterocycles. The second kappa shape index (κ2) is 10.3. The van der Waals surface area contributed by atoms with Crippen LogP contribution in [0.4, 0.5) is 13.6 Å². The molecular weight excluding hydrogens is 456 g/mol. The van der Waals surface area contributed by atoms with Gasteiger partial charge in [0.25, 0.3) is 5.56 Å². The Morgan fingerprint density at radius 2 is 2.03 bits per heavy atom. The molecule has 1 aromatic carbocycles. The molecule has 1 aromatic heterocycles. The van der Waals surface area contributed by atoms with Crippen LogP contribution in [0.15, 0.2) is 16.9 Å². The second-order valence-corrected chi connectivity index (χ2v) is 9.95. The minimum absolute atomic E-state index is 0.0288. The Morgan fingerprint density at radius 3 is 2.73 bits per heavy atom. The van der Waals surface area contributed by atoms with E-state index in [4.69, 9.17) is 9.84 Å². The molecule has 0 radical (unpaired) electrons. The Balaban J connectivity index is 1.43. The number of carbonyl (C=O) groups is 1. The van der Waals surface area contributed by atoms with Crippen molar-refractivity contribution in [2.24, 2.45) is 5.92 Å². The molecule has 0 bridgehead atoms. The lowest BCUT2D eigenvalue weighted by atomic mass is 9.96. The lowest BCUT2D eigenvalue weighted by molar-refractivity contribution is 0.0551. The molecule has 1 aliphatic heterocycles. The van der Waals surface area contributed by atoms with E-state index in [1.807, 2.05) is 0 Å². The number of likely N-dealkylation sites (tertiary alicyclic amines) is 1. The Kier molecular flexibility index (Phi) is 7.38. The summed E-state index contributed by atoms with van der Waals surface area (Å²) in [6.07, 6.45) is 0.876. The highest BCUT2D eigenvalue weighted by molar-refractivity contribution is 7.99. The standard InChI is InChI=1S/C22H27F2N3O5S/c23-16-7-14(32-10-12-5-6-27(22(30)31)9-17(12)24)8-18-20(16)21(29)26-19(25-18)11-33-15-3-1-13(28)2-4-15/h7-8,12-13,15,17,28H,1-6,9-11H2,(H,30,31)(H,25,26,29)/t12-,13-,15-,17+/m1/s1. The molecule has 0 unspecified atom stereocenters. The Bertz CT molecular complexity index is 1060. The summed E-state index contributed by atoms with van der Waals surface area (Å²) in [7, 11) is 0. The first kappa shape index (κ1) is 23.7. The number of benzene rings is 1. The quantitative estimate of drug-likeness (QED) is 0.577. The molecule has 2 atom stereocenters. The smallest absolute Gasteiger partial charge is 0.407 e. The van der Waals surface area contributed by atoms with Crippen LogP contribution in [0, 0.1) is 11.7 Å². The molecular formula is C22H27F2N3O5S. The fraction of sp³-hybridized carbons (Fsp3) is 0.591. The molecule has 1 saturated carbocycles. The van der Waals surface area contributed by atoms with E-state index in [-0.39, 0.29) is 42.5 Å². The minimum atomic E-state index is -1.37. The SMILES string of the molecule is O=C(O)N1CC[C@H](COc2cc(F)c3c(=O)[nH]c(CS[C@H]4CC[C@H](O)CC4)nc3c2)[C@@H](F)C1. The molecule has 180 valence electrons. The van der Waals surface area contributed by atoms with Crippen molar-refractivity contribution in [3.63, 3.8) is 0 Å². The zero-order valence-electron chi connectivity index (χ0n) is 18.0. The van der Waals surface area contributed by atoms with Gasteiger partial charge < -0.3 is 24.8 Å². The summed E-state index contributed by atoms with van der Waals surface area (Å²) < 4.78 is 34.6. The molecule has 1 amide bonds. The number of nitrogens with one attached hydrogen (secondary N) is 1. The predicted molar refractivity (Wildman–Crippen MR) is 120 cm³/mol. The van der Waals surface area contributed by atoms with Gasteiger partial charge in [0.15, 0.2) is 0 Å². The van der Waals surface area contributed by atoms with Crippen LogP contribution < -0.4 is 10.3 Å². The van der Waals surface area contributed by atoms with Crippen molar-refractivity contribution in [2.45, 2.75) is 55.4 Å². The Hall–Kier alpha value is -2.40.